The first-order chi connectivity index (χ1) is 12.5. The van der Waals surface area contributed by atoms with E-state index in [2.05, 4.69) is 15.3 Å². The molecule has 2 aromatic carbocycles. The monoisotopic (exact) mass is 385 g/mol. The van der Waals surface area contributed by atoms with E-state index < -0.39 is 0 Å². The van der Waals surface area contributed by atoms with Gasteiger partial charge in [0, 0.05) is 10.0 Å². The van der Waals surface area contributed by atoms with Crippen LogP contribution in [0.15, 0.2) is 53.6 Å². The molecule has 0 saturated carbocycles. The van der Waals surface area contributed by atoms with Gasteiger partial charge in [-0.2, -0.15) is 4.68 Å². The number of hydrogen-bond acceptors (Lipinski definition) is 4. The second-order valence-corrected chi connectivity index (χ2v) is 6.77. The van der Waals surface area contributed by atoms with Gasteiger partial charge in [0.1, 0.15) is 6.33 Å². The summed E-state index contributed by atoms with van der Waals surface area (Å²) in [4.78, 5) is 17.1. The summed E-state index contributed by atoms with van der Waals surface area (Å²) >= 11 is 12.1. The molecule has 2 aromatic heterocycles. The molecule has 2 heterocycles. The molecule has 0 aliphatic carbocycles. The van der Waals surface area contributed by atoms with Gasteiger partial charge in [0.25, 0.3) is 5.56 Å². The highest BCUT2D eigenvalue weighted by atomic mass is 35.5. The molecular formula is C18H13Cl2N5O. The van der Waals surface area contributed by atoms with Crippen LogP contribution in [0, 0.1) is 6.92 Å². The van der Waals surface area contributed by atoms with Crippen molar-refractivity contribution in [3.8, 4) is 5.69 Å². The molecule has 0 radical (unpaired) electrons. The Kier molecular flexibility index (Phi) is 4.22. The number of nitrogens with zero attached hydrogens (tertiary/aromatic N) is 5. The lowest BCUT2D eigenvalue weighted by Crippen LogP contribution is -2.21. The quantitative estimate of drug-likeness (QED) is 0.539. The molecule has 26 heavy (non-hydrogen) atoms. The van der Waals surface area contributed by atoms with E-state index in [0.29, 0.717) is 15.7 Å². The van der Waals surface area contributed by atoms with E-state index in [4.69, 9.17) is 23.2 Å². The largest absolute Gasteiger partial charge is 0.293 e. The van der Waals surface area contributed by atoms with Crippen molar-refractivity contribution in [1.29, 1.82) is 0 Å². The first kappa shape index (κ1) is 16.8. The minimum Gasteiger partial charge on any atom is -0.293 e. The van der Waals surface area contributed by atoms with Crippen LogP contribution in [0.1, 0.15) is 11.1 Å². The van der Waals surface area contributed by atoms with E-state index in [1.165, 1.54) is 10.9 Å². The maximum atomic E-state index is 12.7. The number of halogens is 2. The summed E-state index contributed by atoms with van der Waals surface area (Å²) in [6.07, 6.45) is 1.48. The second-order valence-electron chi connectivity index (χ2n) is 5.92. The van der Waals surface area contributed by atoms with Gasteiger partial charge in [0.15, 0.2) is 11.2 Å². The minimum atomic E-state index is -0.278. The average molecular weight is 386 g/mol. The number of aryl methyl sites for hydroxylation is 1. The molecule has 0 spiro atoms. The summed E-state index contributed by atoms with van der Waals surface area (Å²) in [5.41, 5.74) is 3.04. The predicted molar refractivity (Wildman–Crippen MR) is 101 cm³/mol. The van der Waals surface area contributed by atoms with Crippen LogP contribution >= 0.6 is 23.2 Å². The third-order valence-electron chi connectivity index (χ3n) is 4.06. The van der Waals surface area contributed by atoms with Crippen molar-refractivity contribution in [2.45, 2.75) is 13.5 Å². The van der Waals surface area contributed by atoms with E-state index >= 15 is 0 Å². The van der Waals surface area contributed by atoms with Crippen LogP contribution in [0.3, 0.4) is 0 Å². The van der Waals surface area contributed by atoms with Gasteiger partial charge >= 0.3 is 0 Å². The van der Waals surface area contributed by atoms with Crippen LogP contribution in [-0.2, 0) is 6.54 Å². The van der Waals surface area contributed by atoms with Crippen LogP contribution in [0.5, 0.6) is 0 Å². The number of aromatic nitrogens is 5. The predicted octanol–water partition coefficient (Wildman–Crippen LogP) is 3.64. The SMILES string of the molecule is Cc1ccc(-n2nnc3c(=O)n(Cc4ccc(Cl)cc4Cl)cnc32)cc1. The van der Waals surface area contributed by atoms with Crippen LogP contribution in [-0.4, -0.2) is 24.5 Å². The van der Waals surface area contributed by atoms with Crippen LogP contribution < -0.4 is 5.56 Å². The highest BCUT2D eigenvalue weighted by molar-refractivity contribution is 6.35. The third-order valence-corrected chi connectivity index (χ3v) is 4.65. The fraction of sp³-hybridized carbons (Fsp3) is 0.111. The first-order valence-electron chi connectivity index (χ1n) is 7.85. The van der Waals surface area contributed by atoms with Crippen molar-refractivity contribution in [1.82, 2.24) is 24.5 Å². The Morgan fingerprint density at radius 2 is 1.85 bits per heavy atom. The zero-order valence-corrected chi connectivity index (χ0v) is 15.2. The van der Waals surface area contributed by atoms with Gasteiger partial charge in [-0.05, 0) is 36.8 Å². The van der Waals surface area contributed by atoms with Crippen molar-refractivity contribution < 1.29 is 0 Å². The normalized spacial score (nSPS) is 11.2. The highest BCUT2D eigenvalue weighted by Gasteiger charge is 2.14. The summed E-state index contributed by atoms with van der Waals surface area (Å²) in [7, 11) is 0. The standard InChI is InChI=1S/C18H13Cl2N5O/c1-11-2-6-14(7-3-11)25-17-16(22-23-25)18(26)24(10-21-17)9-12-4-5-13(19)8-15(12)20/h2-8,10H,9H2,1H3. The van der Waals surface area contributed by atoms with E-state index in [9.17, 15) is 4.79 Å². The Balaban J connectivity index is 1.76. The summed E-state index contributed by atoms with van der Waals surface area (Å²) in [6, 6.07) is 12.9. The summed E-state index contributed by atoms with van der Waals surface area (Å²) in [5.74, 6) is 0. The van der Waals surface area contributed by atoms with Crippen molar-refractivity contribution in [2.24, 2.45) is 0 Å². The molecule has 0 bridgehead atoms. The maximum Gasteiger partial charge on any atom is 0.283 e. The van der Waals surface area contributed by atoms with Crippen LogP contribution in [0.2, 0.25) is 10.0 Å². The van der Waals surface area contributed by atoms with Gasteiger partial charge in [-0.15, -0.1) is 5.10 Å². The molecule has 0 aliphatic heterocycles. The average Bonchev–Trinajstić information content (AvgIpc) is 3.05. The summed E-state index contributed by atoms with van der Waals surface area (Å²) in [5, 5.41) is 9.14. The van der Waals surface area contributed by atoms with Crippen LogP contribution in [0.4, 0.5) is 0 Å². The highest BCUT2D eigenvalue weighted by Crippen LogP contribution is 2.21. The van der Waals surface area contributed by atoms with Gasteiger partial charge in [-0.3, -0.25) is 9.36 Å². The zero-order chi connectivity index (χ0) is 18.3. The fourth-order valence-corrected chi connectivity index (χ4v) is 3.12. The minimum absolute atomic E-state index is 0.207. The van der Waals surface area contributed by atoms with E-state index in [0.717, 1.165) is 16.8 Å². The molecule has 0 aliphatic rings. The Hall–Kier alpha value is -2.70. The van der Waals surface area contributed by atoms with Crippen LogP contribution in [0.25, 0.3) is 16.9 Å². The number of benzene rings is 2. The molecule has 0 fully saturated rings. The van der Waals surface area contributed by atoms with Gasteiger partial charge in [-0.1, -0.05) is 52.2 Å². The van der Waals surface area contributed by atoms with Gasteiger partial charge in [0.2, 0.25) is 0 Å². The Morgan fingerprint density at radius 1 is 1.08 bits per heavy atom. The summed E-state index contributed by atoms with van der Waals surface area (Å²) < 4.78 is 3.00. The number of rotatable bonds is 3. The molecule has 0 atom stereocenters. The van der Waals surface area contributed by atoms with Gasteiger partial charge < -0.3 is 0 Å². The smallest absolute Gasteiger partial charge is 0.283 e. The van der Waals surface area contributed by atoms with E-state index in [1.54, 1.807) is 22.9 Å². The van der Waals surface area contributed by atoms with Crippen molar-refractivity contribution in [2.75, 3.05) is 0 Å². The fourth-order valence-electron chi connectivity index (χ4n) is 2.65. The lowest BCUT2D eigenvalue weighted by atomic mass is 10.2. The lowest BCUT2D eigenvalue weighted by Gasteiger charge is -2.08. The first-order valence-corrected chi connectivity index (χ1v) is 8.60. The Labute approximate surface area is 158 Å². The summed E-state index contributed by atoms with van der Waals surface area (Å²) in [6.45, 7) is 2.28. The molecule has 8 heteroatoms. The lowest BCUT2D eigenvalue weighted by molar-refractivity contribution is 0.745. The molecule has 4 aromatic rings. The zero-order valence-electron chi connectivity index (χ0n) is 13.7. The van der Waals surface area contributed by atoms with E-state index in [-0.39, 0.29) is 17.6 Å². The van der Waals surface area contributed by atoms with Gasteiger partial charge in [-0.25, -0.2) is 4.98 Å². The topological polar surface area (TPSA) is 65.6 Å². The third kappa shape index (κ3) is 2.98. The molecule has 0 N–H and O–H groups in total. The number of fused-ring (bicyclic) bond motifs is 1. The molecule has 0 amide bonds. The molecule has 4 rings (SSSR count). The molecular weight excluding hydrogens is 373 g/mol. The van der Waals surface area contributed by atoms with Crippen molar-refractivity contribution in [3.63, 3.8) is 0 Å². The second kappa shape index (κ2) is 6.55. The Bertz CT molecular complexity index is 1160. The molecule has 0 saturated heterocycles. The molecule has 0 unspecified atom stereocenters. The number of hydrogen-bond donors (Lipinski definition) is 0. The molecule has 130 valence electrons. The maximum absolute atomic E-state index is 12.7. The molecule has 6 nitrogen and oxygen atoms in total. The van der Waals surface area contributed by atoms with Gasteiger partial charge in [0.05, 0.1) is 12.2 Å². The van der Waals surface area contributed by atoms with Crippen molar-refractivity contribution in [3.05, 3.63) is 80.3 Å². The van der Waals surface area contributed by atoms with E-state index in [1.807, 2.05) is 31.2 Å². The van der Waals surface area contributed by atoms with Crippen molar-refractivity contribution >= 4 is 34.4 Å². The Morgan fingerprint density at radius 3 is 2.58 bits per heavy atom.